The third-order valence-electron chi connectivity index (χ3n) is 4.60. The Morgan fingerprint density at radius 1 is 1.10 bits per heavy atom. The second kappa shape index (κ2) is 8.69. The van der Waals surface area contributed by atoms with Crippen LogP contribution in [0.5, 0.6) is 0 Å². The Hall–Kier alpha value is -2.80. The summed E-state index contributed by atoms with van der Waals surface area (Å²) in [6, 6.07) is 12.9. The molecule has 2 aromatic rings. The lowest BCUT2D eigenvalue weighted by molar-refractivity contribution is -0.0925. The van der Waals surface area contributed by atoms with Crippen molar-refractivity contribution in [3.8, 4) is 0 Å². The van der Waals surface area contributed by atoms with Gasteiger partial charge in [-0.05, 0) is 49.6 Å². The van der Waals surface area contributed by atoms with E-state index in [0.29, 0.717) is 21.8 Å². The van der Waals surface area contributed by atoms with Crippen LogP contribution >= 0.6 is 11.6 Å². The van der Waals surface area contributed by atoms with Crippen LogP contribution in [0.2, 0.25) is 5.02 Å². The Balaban J connectivity index is 1.93. The number of nitrogens with zero attached hydrogens (tertiary/aromatic N) is 1. The largest absolute Gasteiger partial charge is 0.430 e. The summed E-state index contributed by atoms with van der Waals surface area (Å²) in [6.07, 6.45) is -0.921. The smallest absolute Gasteiger partial charge is 0.395 e. The van der Waals surface area contributed by atoms with Crippen molar-refractivity contribution in [2.45, 2.75) is 31.5 Å². The molecule has 3 N–H and O–H groups in total. The maximum atomic E-state index is 12.9. The average Bonchev–Trinajstić information content (AvgIpc) is 2.65. The Kier molecular flexibility index (Phi) is 6.27. The summed E-state index contributed by atoms with van der Waals surface area (Å²) in [7, 11) is 0. The molecule has 1 aliphatic carbocycles. The van der Waals surface area contributed by atoms with Gasteiger partial charge in [0.25, 0.3) is 5.91 Å². The van der Waals surface area contributed by atoms with E-state index in [2.05, 4.69) is 10.3 Å². The predicted octanol–water partition coefficient (Wildman–Crippen LogP) is 5.15. The molecule has 29 heavy (non-hydrogen) atoms. The lowest BCUT2D eigenvalue weighted by Crippen LogP contribution is -2.39. The zero-order valence-corrected chi connectivity index (χ0v) is 16.1. The van der Waals surface area contributed by atoms with E-state index in [1.54, 1.807) is 36.4 Å². The second-order valence-corrected chi connectivity index (χ2v) is 7.13. The highest BCUT2D eigenvalue weighted by molar-refractivity contribution is 6.33. The summed E-state index contributed by atoms with van der Waals surface area (Å²) in [5.74, 6) is -0.212. The number of para-hydroxylation sites is 1. The standard InChI is InChI=1S/C21H19ClF3N3O/c22-16-6-1-2-7-17(16)28-18(12-19(26)21(23,24)25)13-8-10-14(11-9-13)20(29)27-15-4-3-5-15/h1-2,6-12,15H,3-5,26H2,(H,27,29)/b19-12-,28-18?. The Morgan fingerprint density at radius 3 is 2.28 bits per heavy atom. The molecule has 1 saturated carbocycles. The number of nitrogens with one attached hydrogen (secondary N) is 1. The molecule has 0 unspecified atom stereocenters. The van der Waals surface area contributed by atoms with Crippen molar-refractivity contribution in [1.29, 1.82) is 0 Å². The highest BCUT2D eigenvalue weighted by Gasteiger charge is 2.31. The van der Waals surface area contributed by atoms with Gasteiger partial charge in [0.2, 0.25) is 0 Å². The van der Waals surface area contributed by atoms with Crippen LogP contribution in [0.15, 0.2) is 65.3 Å². The topological polar surface area (TPSA) is 67.5 Å². The minimum absolute atomic E-state index is 0.0149. The van der Waals surface area contributed by atoms with Gasteiger partial charge in [0.05, 0.1) is 16.4 Å². The number of alkyl halides is 3. The van der Waals surface area contributed by atoms with E-state index in [1.165, 1.54) is 12.1 Å². The van der Waals surface area contributed by atoms with Gasteiger partial charge < -0.3 is 11.1 Å². The highest BCUT2D eigenvalue weighted by Crippen LogP contribution is 2.27. The van der Waals surface area contributed by atoms with Crippen LogP contribution < -0.4 is 11.1 Å². The fraction of sp³-hybridized carbons (Fsp3) is 0.238. The third-order valence-corrected chi connectivity index (χ3v) is 4.92. The van der Waals surface area contributed by atoms with E-state index in [4.69, 9.17) is 17.3 Å². The predicted molar refractivity (Wildman–Crippen MR) is 108 cm³/mol. The zero-order chi connectivity index (χ0) is 21.0. The minimum atomic E-state index is -4.69. The molecule has 3 rings (SSSR count). The first-order valence-electron chi connectivity index (χ1n) is 9.03. The average molecular weight is 422 g/mol. The van der Waals surface area contributed by atoms with Crippen molar-refractivity contribution in [3.63, 3.8) is 0 Å². The highest BCUT2D eigenvalue weighted by atomic mass is 35.5. The lowest BCUT2D eigenvalue weighted by Gasteiger charge is -2.26. The number of benzene rings is 2. The number of hydrogen-bond acceptors (Lipinski definition) is 3. The fourth-order valence-electron chi connectivity index (χ4n) is 2.70. The normalized spacial score (nSPS) is 15.7. The molecular weight excluding hydrogens is 403 g/mol. The number of carbonyl (C=O) groups is 1. The third kappa shape index (κ3) is 5.38. The molecule has 0 spiro atoms. The zero-order valence-electron chi connectivity index (χ0n) is 15.3. The van der Waals surface area contributed by atoms with Crippen LogP contribution in [0, 0.1) is 0 Å². The molecule has 0 radical (unpaired) electrons. The molecule has 1 amide bonds. The Bertz CT molecular complexity index is 948. The van der Waals surface area contributed by atoms with Crippen molar-refractivity contribution >= 4 is 28.9 Å². The van der Waals surface area contributed by atoms with Gasteiger partial charge in [0.15, 0.2) is 0 Å². The van der Waals surface area contributed by atoms with Gasteiger partial charge in [-0.25, -0.2) is 4.99 Å². The lowest BCUT2D eigenvalue weighted by atomic mass is 9.93. The maximum Gasteiger partial charge on any atom is 0.430 e. The molecule has 0 bridgehead atoms. The molecule has 0 aromatic heterocycles. The second-order valence-electron chi connectivity index (χ2n) is 6.72. The van der Waals surface area contributed by atoms with Crippen LogP contribution in [0.4, 0.5) is 18.9 Å². The van der Waals surface area contributed by atoms with Crippen molar-refractivity contribution in [2.24, 2.45) is 10.7 Å². The fourth-order valence-corrected chi connectivity index (χ4v) is 2.87. The first-order chi connectivity index (χ1) is 13.7. The number of nitrogens with two attached hydrogens (primary N) is 1. The number of hydrogen-bond donors (Lipinski definition) is 2. The van der Waals surface area contributed by atoms with E-state index in [-0.39, 0.29) is 17.7 Å². The molecule has 152 valence electrons. The van der Waals surface area contributed by atoms with Crippen LogP contribution in [-0.2, 0) is 0 Å². The van der Waals surface area contributed by atoms with Gasteiger partial charge in [-0.2, -0.15) is 13.2 Å². The van der Waals surface area contributed by atoms with Crippen LogP contribution in [0.25, 0.3) is 0 Å². The number of rotatable bonds is 5. The summed E-state index contributed by atoms with van der Waals surface area (Å²) < 4.78 is 38.8. The molecule has 1 fully saturated rings. The number of aliphatic imine (C=N–C) groups is 1. The van der Waals surface area contributed by atoms with Gasteiger partial charge in [0, 0.05) is 17.2 Å². The van der Waals surface area contributed by atoms with Crippen molar-refractivity contribution < 1.29 is 18.0 Å². The Labute approximate surface area is 171 Å². The molecular formula is C21H19ClF3N3O. The molecule has 0 heterocycles. The van der Waals surface area contributed by atoms with Gasteiger partial charge in [-0.15, -0.1) is 0 Å². The van der Waals surface area contributed by atoms with Gasteiger partial charge in [-0.1, -0.05) is 35.9 Å². The number of amides is 1. The SMILES string of the molecule is N/C(=C\C(=Nc1ccccc1Cl)c1ccc(C(=O)NC2CCC2)cc1)C(F)(F)F. The minimum Gasteiger partial charge on any atom is -0.395 e. The van der Waals surface area contributed by atoms with Crippen molar-refractivity contribution in [2.75, 3.05) is 0 Å². The first kappa shape index (κ1) is 20.9. The molecule has 8 heteroatoms. The van der Waals surface area contributed by atoms with Crippen LogP contribution in [0.3, 0.4) is 0 Å². The van der Waals surface area contributed by atoms with Crippen molar-refractivity contribution in [1.82, 2.24) is 5.32 Å². The molecule has 2 aromatic carbocycles. The molecule has 1 aliphatic rings. The number of carbonyl (C=O) groups excluding carboxylic acids is 1. The summed E-state index contributed by atoms with van der Waals surface area (Å²) in [5.41, 5.74) is 5.00. The summed E-state index contributed by atoms with van der Waals surface area (Å²) >= 11 is 6.08. The Morgan fingerprint density at radius 2 is 1.72 bits per heavy atom. The van der Waals surface area contributed by atoms with E-state index in [0.717, 1.165) is 25.3 Å². The van der Waals surface area contributed by atoms with E-state index in [9.17, 15) is 18.0 Å². The first-order valence-corrected chi connectivity index (χ1v) is 9.41. The van der Waals surface area contributed by atoms with Gasteiger partial charge in [0.1, 0.15) is 5.70 Å². The molecule has 0 atom stereocenters. The number of halogens is 4. The quantitative estimate of drug-likeness (QED) is 0.656. The molecule has 0 aliphatic heterocycles. The van der Waals surface area contributed by atoms with Crippen LogP contribution in [-0.4, -0.2) is 23.8 Å². The summed E-state index contributed by atoms with van der Waals surface area (Å²) in [5, 5.41) is 3.21. The van der Waals surface area contributed by atoms with E-state index >= 15 is 0 Å². The van der Waals surface area contributed by atoms with Crippen molar-refractivity contribution in [3.05, 3.63) is 76.5 Å². The van der Waals surface area contributed by atoms with Gasteiger partial charge >= 0.3 is 6.18 Å². The number of allylic oxidation sites excluding steroid dienone is 2. The van der Waals surface area contributed by atoms with E-state index in [1.807, 2.05) is 0 Å². The van der Waals surface area contributed by atoms with E-state index < -0.39 is 11.9 Å². The molecule has 4 nitrogen and oxygen atoms in total. The summed E-state index contributed by atoms with van der Waals surface area (Å²) in [4.78, 5) is 16.5. The summed E-state index contributed by atoms with van der Waals surface area (Å²) in [6.45, 7) is 0. The van der Waals surface area contributed by atoms with Gasteiger partial charge in [-0.3, -0.25) is 4.79 Å². The maximum absolute atomic E-state index is 12.9. The monoisotopic (exact) mass is 421 g/mol. The van der Waals surface area contributed by atoms with Crippen LogP contribution in [0.1, 0.15) is 35.2 Å². The molecule has 0 saturated heterocycles.